The standard InChI is InChI=1S/C20H17N3O4/c1-12(24)22-17(15-11-21-16-10-6-5-9-14(15)16)18(20(26)27)23-19(25)13-7-3-2-4-8-13/h2-11,21H,1H3,(H,22,24)(H,23,25)(H,26,27)/b18-17-. The molecule has 0 saturated carbocycles. The Kier molecular flexibility index (Phi) is 5.03. The molecule has 27 heavy (non-hydrogen) atoms. The Balaban J connectivity index is 2.13. The predicted molar refractivity (Wildman–Crippen MR) is 101 cm³/mol. The van der Waals surface area contributed by atoms with Crippen LogP contribution in [0.25, 0.3) is 16.6 Å². The van der Waals surface area contributed by atoms with E-state index in [1.54, 1.807) is 48.7 Å². The van der Waals surface area contributed by atoms with E-state index in [1.807, 2.05) is 12.1 Å². The first-order valence-electron chi connectivity index (χ1n) is 8.15. The van der Waals surface area contributed by atoms with Crippen molar-refractivity contribution in [3.63, 3.8) is 0 Å². The second-order valence-corrected chi connectivity index (χ2v) is 5.80. The molecule has 3 aromatic rings. The van der Waals surface area contributed by atoms with Crippen LogP contribution >= 0.6 is 0 Å². The second-order valence-electron chi connectivity index (χ2n) is 5.80. The van der Waals surface area contributed by atoms with Gasteiger partial charge in [-0.3, -0.25) is 9.59 Å². The number of rotatable bonds is 5. The molecule has 0 unspecified atom stereocenters. The lowest BCUT2D eigenvalue weighted by Gasteiger charge is -2.14. The molecule has 0 fully saturated rings. The minimum Gasteiger partial charge on any atom is -0.477 e. The summed E-state index contributed by atoms with van der Waals surface area (Å²) >= 11 is 0. The number of benzene rings is 2. The molecule has 136 valence electrons. The highest BCUT2D eigenvalue weighted by Gasteiger charge is 2.22. The molecule has 0 radical (unpaired) electrons. The monoisotopic (exact) mass is 363 g/mol. The summed E-state index contributed by atoms with van der Waals surface area (Å²) in [5.74, 6) is -2.41. The summed E-state index contributed by atoms with van der Waals surface area (Å²) in [5, 5.41) is 15.3. The van der Waals surface area contributed by atoms with Crippen molar-refractivity contribution in [1.82, 2.24) is 15.6 Å². The van der Waals surface area contributed by atoms with Crippen LogP contribution in [0.4, 0.5) is 0 Å². The quantitative estimate of drug-likeness (QED) is 0.522. The number of carboxylic acid groups (broad SMARTS) is 1. The number of fused-ring (bicyclic) bond motifs is 1. The average molecular weight is 363 g/mol. The largest absolute Gasteiger partial charge is 0.477 e. The molecular formula is C20H17N3O4. The highest BCUT2D eigenvalue weighted by Crippen LogP contribution is 2.25. The van der Waals surface area contributed by atoms with Gasteiger partial charge < -0.3 is 20.7 Å². The molecule has 0 saturated heterocycles. The van der Waals surface area contributed by atoms with Gasteiger partial charge in [0.15, 0.2) is 5.70 Å². The number of nitrogens with one attached hydrogen (secondary N) is 3. The number of hydrogen-bond donors (Lipinski definition) is 4. The lowest BCUT2D eigenvalue weighted by atomic mass is 10.1. The minimum atomic E-state index is -1.37. The fraction of sp³-hybridized carbons (Fsp3) is 0.0500. The smallest absolute Gasteiger partial charge is 0.354 e. The Morgan fingerprint density at radius 3 is 2.26 bits per heavy atom. The van der Waals surface area contributed by atoms with Crippen LogP contribution in [0.1, 0.15) is 22.8 Å². The van der Waals surface area contributed by atoms with Crippen LogP contribution < -0.4 is 10.6 Å². The highest BCUT2D eigenvalue weighted by molar-refractivity contribution is 6.08. The van der Waals surface area contributed by atoms with E-state index in [1.165, 1.54) is 6.92 Å². The van der Waals surface area contributed by atoms with Gasteiger partial charge in [-0.2, -0.15) is 0 Å². The summed E-state index contributed by atoms with van der Waals surface area (Å²) in [4.78, 5) is 39.1. The average Bonchev–Trinajstić information content (AvgIpc) is 3.08. The molecule has 0 atom stereocenters. The number of hydrogen-bond acceptors (Lipinski definition) is 3. The normalized spacial score (nSPS) is 11.6. The van der Waals surface area contributed by atoms with Gasteiger partial charge in [0.2, 0.25) is 5.91 Å². The predicted octanol–water partition coefficient (Wildman–Crippen LogP) is 2.49. The van der Waals surface area contributed by atoms with Gasteiger partial charge >= 0.3 is 5.97 Å². The third-order valence-corrected chi connectivity index (χ3v) is 3.90. The molecule has 0 aliphatic carbocycles. The fourth-order valence-corrected chi connectivity index (χ4v) is 2.72. The maximum Gasteiger partial charge on any atom is 0.354 e. The van der Waals surface area contributed by atoms with Gasteiger partial charge in [0.05, 0.1) is 5.70 Å². The maximum absolute atomic E-state index is 12.5. The summed E-state index contributed by atoms with van der Waals surface area (Å²) < 4.78 is 0. The molecule has 4 N–H and O–H groups in total. The first kappa shape index (κ1) is 17.9. The number of amides is 2. The molecule has 1 aromatic heterocycles. The fourth-order valence-electron chi connectivity index (χ4n) is 2.72. The number of carboxylic acids is 1. The Hall–Kier alpha value is -3.87. The topological polar surface area (TPSA) is 111 Å². The summed E-state index contributed by atoms with van der Waals surface area (Å²) in [6, 6.07) is 15.5. The van der Waals surface area contributed by atoms with E-state index in [0.717, 1.165) is 5.52 Å². The second kappa shape index (κ2) is 7.57. The molecular weight excluding hydrogens is 346 g/mol. The van der Waals surface area contributed by atoms with Gasteiger partial charge in [-0.15, -0.1) is 0 Å². The third-order valence-electron chi connectivity index (χ3n) is 3.90. The van der Waals surface area contributed by atoms with Gasteiger partial charge in [-0.05, 0) is 18.2 Å². The molecule has 7 heteroatoms. The molecule has 2 amide bonds. The van der Waals surface area contributed by atoms with E-state index in [-0.39, 0.29) is 5.70 Å². The Morgan fingerprint density at radius 1 is 0.926 bits per heavy atom. The summed E-state index contributed by atoms with van der Waals surface area (Å²) in [5.41, 5.74) is 1.14. The molecule has 3 rings (SSSR count). The lowest BCUT2D eigenvalue weighted by molar-refractivity contribution is -0.132. The number of carbonyl (C=O) groups is 3. The molecule has 0 spiro atoms. The maximum atomic E-state index is 12.5. The Morgan fingerprint density at radius 2 is 1.59 bits per heavy atom. The zero-order chi connectivity index (χ0) is 19.4. The van der Waals surface area contributed by atoms with Gasteiger partial charge in [-0.25, -0.2) is 4.79 Å². The first-order chi connectivity index (χ1) is 13.0. The van der Waals surface area contributed by atoms with Crippen molar-refractivity contribution in [1.29, 1.82) is 0 Å². The minimum absolute atomic E-state index is 0.0109. The first-order valence-corrected chi connectivity index (χ1v) is 8.15. The van der Waals surface area contributed by atoms with Gasteiger partial charge in [-0.1, -0.05) is 36.4 Å². The zero-order valence-corrected chi connectivity index (χ0v) is 14.4. The van der Waals surface area contributed by atoms with Crippen molar-refractivity contribution in [2.45, 2.75) is 6.92 Å². The molecule has 1 heterocycles. The lowest BCUT2D eigenvalue weighted by Crippen LogP contribution is -2.32. The van der Waals surface area contributed by atoms with E-state index in [2.05, 4.69) is 15.6 Å². The van der Waals surface area contributed by atoms with Crippen molar-refractivity contribution in [3.05, 3.63) is 77.6 Å². The van der Waals surface area contributed by atoms with E-state index < -0.39 is 23.5 Å². The van der Waals surface area contributed by atoms with Crippen LogP contribution in [-0.2, 0) is 9.59 Å². The van der Waals surface area contributed by atoms with Crippen LogP contribution in [0.5, 0.6) is 0 Å². The molecule has 0 aliphatic heterocycles. The number of aromatic amines is 1. The van der Waals surface area contributed by atoms with E-state index >= 15 is 0 Å². The van der Waals surface area contributed by atoms with Crippen molar-refractivity contribution < 1.29 is 19.5 Å². The SMILES string of the molecule is CC(=O)N/C(=C(\NC(=O)c1ccccc1)C(=O)O)c1c[nH]c2ccccc12. The third kappa shape index (κ3) is 3.87. The number of aromatic nitrogens is 1. The summed E-state index contributed by atoms with van der Waals surface area (Å²) in [6.07, 6.45) is 1.59. The highest BCUT2D eigenvalue weighted by atomic mass is 16.4. The van der Waals surface area contributed by atoms with Crippen molar-refractivity contribution in [2.24, 2.45) is 0 Å². The zero-order valence-electron chi connectivity index (χ0n) is 14.4. The van der Waals surface area contributed by atoms with Gasteiger partial charge in [0.25, 0.3) is 5.91 Å². The summed E-state index contributed by atoms with van der Waals surface area (Å²) in [7, 11) is 0. The molecule has 0 aliphatic rings. The van der Waals surface area contributed by atoms with Crippen LogP contribution in [0.2, 0.25) is 0 Å². The van der Waals surface area contributed by atoms with Gasteiger partial charge in [0, 0.05) is 35.2 Å². The van der Waals surface area contributed by atoms with Crippen LogP contribution in [0, 0.1) is 0 Å². The Labute approximate surface area is 154 Å². The van der Waals surface area contributed by atoms with Crippen molar-refractivity contribution in [2.75, 3.05) is 0 Å². The number of carbonyl (C=O) groups excluding carboxylic acids is 2. The van der Waals surface area contributed by atoms with E-state index in [9.17, 15) is 19.5 Å². The Bertz CT molecular complexity index is 1050. The van der Waals surface area contributed by atoms with E-state index in [0.29, 0.717) is 16.5 Å². The molecule has 7 nitrogen and oxygen atoms in total. The molecule has 0 bridgehead atoms. The molecule has 2 aromatic carbocycles. The van der Waals surface area contributed by atoms with Crippen molar-refractivity contribution >= 4 is 34.4 Å². The van der Waals surface area contributed by atoms with Crippen LogP contribution in [0.15, 0.2) is 66.5 Å². The van der Waals surface area contributed by atoms with Crippen LogP contribution in [0.3, 0.4) is 0 Å². The van der Waals surface area contributed by atoms with Crippen LogP contribution in [-0.4, -0.2) is 27.9 Å². The number of aliphatic carboxylic acids is 1. The number of para-hydroxylation sites is 1. The van der Waals surface area contributed by atoms with Gasteiger partial charge in [0.1, 0.15) is 0 Å². The van der Waals surface area contributed by atoms with E-state index in [4.69, 9.17) is 0 Å². The summed E-state index contributed by atoms with van der Waals surface area (Å²) in [6.45, 7) is 1.27. The number of H-pyrrole nitrogens is 1. The van der Waals surface area contributed by atoms with Crippen molar-refractivity contribution in [3.8, 4) is 0 Å².